The van der Waals surface area contributed by atoms with Crippen LogP contribution in [0.15, 0.2) is 6.20 Å². The third-order valence-corrected chi connectivity index (χ3v) is 4.06. The van der Waals surface area contributed by atoms with Gasteiger partial charge in [0.1, 0.15) is 4.88 Å². The number of methoxy groups -OCH3 is 1. The molecule has 0 spiro atoms. The molecule has 2 rings (SSSR count). The molecule has 1 aromatic rings. The summed E-state index contributed by atoms with van der Waals surface area (Å²) >= 11 is 1.36. The molecule has 1 saturated carbocycles. The molecule has 1 aromatic heterocycles. The quantitative estimate of drug-likeness (QED) is 0.843. The second-order valence-corrected chi connectivity index (χ2v) is 5.66. The maximum atomic E-state index is 11.3. The Morgan fingerprint density at radius 1 is 1.59 bits per heavy atom. The van der Waals surface area contributed by atoms with Gasteiger partial charge in [0.15, 0.2) is 5.13 Å². The molecular formula is C12H18N2O2S. The lowest BCUT2D eigenvalue weighted by atomic mass is 9.87. The van der Waals surface area contributed by atoms with Crippen molar-refractivity contribution < 1.29 is 9.53 Å². The lowest BCUT2D eigenvalue weighted by Crippen LogP contribution is -2.25. The molecule has 2 atom stereocenters. The van der Waals surface area contributed by atoms with E-state index in [1.165, 1.54) is 44.1 Å². The van der Waals surface area contributed by atoms with E-state index in [9.17, 15) is 4.79 Å². The highest BCUT2D eigenvalue weighted by atomic mass is 32.1. The smallest absolute Gasteiger partial charge is 0.349 e. The Kier molecular flexibility index (Phi) is 3.99. The van der Waals surface area contributed by atoms with E-state index in [4.69, 9.17) is 0 Å². The van der Waals surface area contributed by atoms with Gasteiger partial charge in [-0.3, -0.25) is 0 Å². The molecule has 5 heteroatoms. The molecule has 94 valence electrons. The summed E-state index contributed by atoms with van der Waals surface area (Å²) in [6.45, 7) is 2.29. The summed E-state index contributed by atoms with van der Waals surface area (Å²) in [6, 6.07) is 0.496. The van der Waals surface area contributed by atoms with Crippen molar-refractivity contribution in [2.75, 3.05) is 12.4 Å². The van der Waals surface area contributed by atoms with Crippen LogP contribution in [0.4, 0.5) is 5.13 Å². The van der Waals surface area contributed by atoms with Gasteiger partial charge >= 0.3 is 5.97 Å². The summed E-state index contributed by atoms with van der Waals surface area (Å²) in [6.07, 6.45) is 6.55. The molecule has 0 aromatic carbocycles. The number of ether oxygens (including phenoxy) is 1. The lowest BCUT2D eigenvalue weighted by molar-refractivity contribution is 0.0606. The highest BCUT2D eigenvalue weighted by Crippen LogP contribution is 2.27. The van der Waals surface area contributed by atoms with E-state index in [2.05, 4.69) is 22.0 Å². The molecule has 0 aliphatic heterocycles. The maximum absolute atomic E-state index is 11.3. The van der Waals surface area contributed by atoms with Crippen molar-refractivity contribution in [2.45, 2.75) is 38.6 Å². The first-order valence-corrected chi connectivity index (χ1v) is 6.81. The zero-order valence-corrected chi connectivity index (χ0v) is 11.0. The van der Waals surface area contributed by atoms with Crippen molar-refractivity contribution in [1.29, 1.82) is 0 Å². The van der Waals surface area contributed by atoms with Crippen LogP contribution in [0.1, 0.15) is 42.3 Å². The van der Waals surface area contributed by atoms with Crippen molar-refractivity contribution >= 4 is 22.4 Å². The van der Waals surface area contributed by atoms with Crippen LogP contribution in [0.5, 0.6) is 0 Å². The first-order valence-electron chi connectivity index (χ1n) is 5.99. The van der Waals surface area contributed by atoms with E-state index in [0.717, 1.165) is 11.0 Å². The standard InChI is InChI=1S/C12H18N2O2S/c1-8-4-3-5-9(6-8)14-12-13-7-10(17-12)11(15)16-2/h7-9H,3-6H2,1-2H3,(H,13,14). The fourth-order valence-electron chi connectivity index (χ4n) is 2.28. The van der Waals surface area contributed by atoms with Gasteiger partial charge in [0.2, 0.25) is 0 Å². The first-order chi connectivity index (χ1) is 8.19. The minimum atomic E-state index is -0.312. The van der Waals surface area contributed by atoms with E-state index < -0.39 is 0 Å². The van der Waals surface area contributed by atoms with E-state index in [0.29, 0.717) is 10.9 Å². The Morgan fingerprint density at radius 3 is 3.12 bits per heavy atom. The third-order valence-electron chi connectivity index (χ3n) is 3.16. The van der Waals surface area contributed by atoms with Gasteiger partial charge in [0.05, 0.1) is 13.3 Å². The summed E-state index contributed by atoms with van der Waals surface area (Å²) < 4.78 is 4.66. The van der Waals surface area contributed by atoms with Gasteiger partial charge in [0, 0.05) is 6.04 Å². The number of nitrogens with one attached hydrogen (secondary N) is 1. The van der Waals surface area contributed by atoms with Crippen LogP contribution >= 0.6 is 11.3 Å². The zero-order chi connectivity index (χ0) is 12.3. The molecule has 0 bridgehead atoms. The van der Waals surface area contributed by atoms with Crippen LogP contribution < -0.4 is 5.32 Å². The maximum Gasteiger partial charge on any atom is 0.349 e. The average molecular weight is 254 g/mol. The largest absolute Gasteiger partial charge is 0.465 e. The minimum Gasteiger partial charge on any atom is -0.465 e. The van der Waals surface area contributed by atoms with Crippen molar-refractivity contribution in [3.05, 3.63) is 11.1 Å². The average Bonchev–Trinajstić information content (AvgIpc) is 2.76. The molecule has 1 aliphatic carbocycles. The van der Waals surface area contributed by atoms with Crippen LogP contribution in [0.2, 0.25) is 0 Å². The Bertz CT molecular complexity index is 392. The van der Waals surface area contributed by atoms with Crippen LogP contribution in [0.3, 0.4) is 0 Å². The van der Waals surface area contributed by atoms with Crippen molar-refractivity contribution in [3.8, 4) is 0 Å². The fraction of sp³-hybridized carbons (Fsp3) is 0.667. The molecule has 0 saturated heterocycles. The molecular weight excluding hydrogens is 236 g/mol. The van der Waals surface area contributed by atoms with Gasteiger partial charge in [-0.1, -0.05) is 31.1 Å². The van der Waals surface area contributed by atoms with E-state index in [1.807, 2.05) is 0 Å². The molecule has 1 fully saturated rings. The zero-order valence-electron chi connectivity index (χ0n) is 10.2. The Hall–Kier alpha value is -1.10. The van der Waals surface area contributed by atoms with Gasteiger partial charge < -0.3 is 10.1 Å². The molecule has 0 amide bonds. The summed E-state index contributed by atoms with van der Waals surface area (Å²) in [5, 5.41) is 4.23. The number of carbonyl (C=O) groups excluding carboxylic acids is 1. The first kappa shape index (κ1) is 12.4. The monoisotopic (exact) mass is 254 g/mol. The number of carbonyl (C=O) groups is 1. The number of hydrogen-bond donors (Lipinski definition) is 1. The van der Waals surface area contributed by atoms with Crippen LogP contribution in [-0.4, -0.2) is 24.1 Å². The predicted octanol–water partition coefficient (Wildman–Crippen LogP) is 2.92. The Labute approximate surface area is 105 Å². The Balaban J connectivity index is 1.94. The predicted molar refractivity (Wildman–Crippen MR) is 68.5 cm³/mol. The normalized spacial score (nSPS) is 24.4. The molecule has 4 nitrogen and oxygen atoms in total. The Morgan fingerprint density at radius 2 is 2.41 bits per heavy atom. The topological polar surface area (TPSA) is 51.2 Å². The molecule has 2 unspecified atom stereocenters. The van der Waals surface area contributed by atoms with Crippen molar-refractivity contribution in [1.82, 2.24) is 4.98 Å². The number of nitrogens with zero attached hydrogens (tertiary/aromatic N) is 1. The molecule has 1 heterocycles. The van der Waals surface area contributed by atoms with E-state index >= 15 is 0 Å². The summed E-state index contributed by atoms with van der Waals surface area (Å²) in [5.74, 6) is 0.467. The second kappa shape index (κ2) is 5.49. The second-order valence-electron chi connectivity index (χ2n) is 4.63. The number of anilines is 1. The number of rotatable bonds is 3. The fourth-order valence-corrected chi connectivity index (χ4v) is 3.09. The van der Waals surface area contributed by atoms with Crippen molar-refractivity contribution in [3.63, 3.8) is 0 Å². The van der Waals surface area contributed by atoms with Gasteiger partial charge in [-0.15, -0.1) is 0 Å². The molecule has 1 aliphatic rings. The number of thiazole rings is 1. The number of hydrogen-bond acceptors (Lipinski definition) is 5. The SMILES string of the molecule is COC(=O)c1cnc(NC2CCCC(C)C2)s1. The highest BCUT2D eigenvalue weighted by molar-refractivity contribution is 7.17. The molecule has 0 radical (unpaired) electrons. The van der Waals surface area contributed by atoms with Gasteiger partial charge in [-0.05, 0) is 18.8 Å². The highest BCUT2D eigenvalue weighted by Gasteiger charge is 2.20. The van der Waals surface area contributed by atoms with Gasteiger partial charge in [-0.2, -0.15) is 0 Å². The summed E-state index contributed by atoms with van der Waals surface area (Å²) in [7, 11) is 1.39. The van der Waals surface area contributed by atoms with Crippen LogP contribution in [0, 0.1) is 5.92 Å². The third kappa shape index (κ3) is 3.19. The van der Waals surface area contributed by atoms with Crippen LogP contribution in [0.25, 0.3) is 0 Å². The lowest BCUT2D eigenvalue weighted by Gasteiger charge is -2.27. The summed E-state index contributed by atoms with van der Waals surface area (Å²) in [5.41, 5.74) is 0. The van der Waals surface area contributed by atoms with Crippen LogP contribution in [-0.2, 0) is 4.74 Å². The van der Waals surface area contributed by atoms with Gasteiger partial charge in [0.25, 0.3) is 0 Å². The van der Waals surface area contributed by atoms with E-state index in [-0.39, 0.29) is 5.97 Å². The summed E-state index contributed by atoms with van der Waals surface area (Å²) in [4.78, 5) is 16.1. The molecule has 17 heavy (non-hydrogen) atoms. The van der Waals surface area contributed by atoms with E-state index in [1.54, 1.807) is 6.20 Å². The van der Waals surface area contributed by atoms with Gasteiger partial charge in [-0.25, -0.2) is 9.78 Å². The molecule has 1 N–H and O–H groups in total. The number of aromatic nitrogens is 1. The minimum absolute atomic E-state index is 0.312. The number of esters is 1. The van der Waals surface area contributed by atoms with Crippen molar-refractivity contribution in [2.24, 2.45) is 5.92 Å².